The number of nitrogens with zero attached hydrogens (tertiary/aromatic N) is 4. The van der Waals surface area contributed by atoms with E-state index in [-0.39, 0.29) is 0 Å². The Hall–Kier alpha value is -6.20. The van der Waals surface area contributed by atoms with Crippen LogP contribution in [0.15, 0.2) is 158 Å². The fourth-order valence-corrected chi connectivity index (χ4v) is 7.82. The molecule has 216 valence electrons. The summed E-state index contributed by atoms with van der Waals surface area (Å²) in [6.45, 7) is 0. The number of hydrogen-bond acceptors (Lipinski definition) is 4. The first-order chi connectivity index (χ1) is 22.8. The lowest BCUT2D eigenvalue weighted by molar-refractivity contribution is 0.434. The average Bonchev–Trinajstić information content (AvgIpc) is 3.46. The maximum Gasteiger partial charge on any atom is 0.132 e. The second-order valence-corrected chi connectivity index (χ2v) is 11.8. The normalized spacial score (nSPS) is 14.0. The van der Waals surface area contributed by atoms with Crippen molar-refractivity contribution in [2.75, 3.05) is 4.90 Å². The summed E-state index contributed by atoms with van der Waals surface area (Å²) in [6, 6.07) is 49.3. The van der Waals surface area contributed by atoms with Crippen LogP contribution in [0.1, 0.15) is 22.3 Å². The van der Waals surface area contributed by atoms with E-state index >= 15 is 0 Å². The highest BCUT2D eigenvalue weighted by Gasteiger charge is 2.51. The predicted molar refractivity (Wildman–Crippen MR) is 183 cm³/mol. The van der Waals surface area contributed by atoms with Crippen LogP contribution in [-0.4, -0.2) is 14.5 Å². The molecule has 0 saturated heterocycles. The minimum Gasteiger partial charge on any atom is -0.457 e. The molecule has 10 rings (SSSR count). The van der Waals surface area contributed by atoms with Gasteiger partial charge in [0, 0.05) is 22.7 Å². The Kier molecular flexibility index (Phi) is 5.14. The highest BCUT2D eigenvalue weighted by molar-refractivity contribution is 6.07. The number of para-hydroxylation sites is 5. The number of aromatic nitrogens is 3. The summed E-state index contributed by atoms with van der Waals surface area (Å²) in [7, 11) is 0. The number of fused-ring (bicyclic) bond motifs is 11. The van der Waals surface area contributed by atoms with Gasteiger partial charge in [-0.1, -0.05) is 91.0 Å². The zero-order chi connectivity index (χ0) is 30.2. The number of anilines is 3. The van der Waals surface area contributed by atoms with Gasteiger partial charge in [-0.3, -0.25) is 9.97 Å². The van der Waals surface area contributed by atoms with Gasteiger partial charge in [0.25, 0.3) is 0 Å². The molecule has 5 aromatic carbocycles. The monoisotopic (exact) mass is 590 g/mol. The molecular weight excluding hydrogens is 564 g/mol. The van der Waals surface area contributed by atoms with Crippen LogP contribution >= 0.6 is 0 Å². The first kappa shape index (κ1) is 25.2. The summed E-state index contributed by atoms with van der Waals surface area (Å²) in [4.78, 5) is 12.0. The van der Waals surface area contributed by atoms with Crippen molar-refractivity contribution in [3.63, 3.8) is 0 Å². The largest absolute Gasteiger partial charge is 0.457 e. The molecule has 0 radical (unpaired) electrons. The Morgan fingerprint density at radius 1 is 0.522 bits per heavy atom. The van der Waals surface area contributed by atoms with Gasteiger partial charge in [0.05, 0.1) is 57.1 Å². The van der Waals surface area contributed by atoms with E-state index in [1.807, 2.05) is 24.7 Å². The molecule has 2 aliphatic rings. The van der Waals surface area contributed by atoms with E-state index in [9.17, 15) is 0 Å². The highest BCUT2D eigenvalue weighted by Crippen LogP contribution is 2.62. The van der Waals surface area contributed by atoms with Crippen molar-refractivity contribution in [2.24, 2.45) is 0 Å². The van der Waals surface area contributed by atoms with Crippen molar-refractivity contribution in [1.29, 1.82) is 0 Å². The van der Waals surface area contributed by atoms with Crippen LogP contribution < -0.4 is 9.64 Å². The smallest absolute Gasteiger partial charge is 0.132 e. The predicted octanol–water partition coefficient (Wildman–Crippen LogP) is 9.85. The van der Waals surface area contributed by atoms with Gasteiger partial charge in [0.15, 0.2) is 0 Å². The van der Waals surface area contributed by atoms with E-state index in [1.165, 1.54) is 11.1 Å². The lowest BCUT2D eigenvalue weighted by Gasteiger charge is -2.48. The number of hydrogen-bond donors (Lipinski definition) is 0. The van der Waals surface area contributed by atoms with Crippen molar-refractivity contribution >= 4 is 39.0 Å². The molecule has 2 aliphatic heterocycles. The SMILES string of the molecule is c1ccc2c(c1)Oc1ccccc1C21c2ccccc2N(c2cncc(-n3c4ccccc4c4ncccc43)c2)c2ccccc21. The number of pyridine rings is 2. The molecule has 46 heavy (non-hydrogen) atoms. The standard InChI is InChI=1S/C41H26N4O/c1-6-17-34-29(12-1)40-37(20-11-23-43-40)44(34)27-24-28(26-42-25-27)45-35-18-7-2-13-30(35)41(31-14-3-8-19-36(31)45)32-15-4-9-21-38(32)46-39-22-10-5-16-33(39)41/h1-26H. The Labute approximate surface area is 265 Å². The number of benzene rings is 5. The summed E-state index contributed by atoms with van der Waals surface area (Å²) in [6.07, 6.45) is 5.77. The summed E-state index contributed by atoms with van der Waals surface area (Å²) in [5.74, 6) is 1.76. The van der Waals surface area contributed by atoms with Gasteiger partial charge in [-0.25, -0.2) is 0 Å². The van der Waals surface area contributed by atoms with Crippen LogP contribution in [0.5, 0.6) is 11.5 Å². The van der Waals surface area contributed by atoms with Gasteiger partial charge in [0.2, 0.25) is 0 Å². The molecule has 0 N–H and O–H groups in total. The number of rotatable bonds is 2. The molecule has 3 aromatic heterocycles. The zero-order valence-corrected chi connectivity index (χ0v) is 24.7. The minimum atomic E-state index is -0.571. The van der Waals surface area contributed by atoms with E-state index in [0.717, 1.165) is 67.3 Å². The van der Waals surface area contributed by atoms with Gasteiger partial charge in [-0.2, -0.15) is 0 Å². The molecule has 5 nitrogen and oxygen atoms in total. The van der Waals surface area contributed by atoms with Crippen LogP contribution in [0, 0.1) is 0 Å². The first-order valence-corrected chi connectivity index (χ1v) is 15.5. The molecular formula is C41H26N4O. The number of ether oxygens (including phenoxy) is 1. The lowest BCUT2D eigenvalue weighted by Crippen LogP contribution is -2.39. The maximum absolute atomic E-state index is 6.54. The van der Waals surface area contributed by atoms with Crippen LogP contribution in [-0.2, 0) is 5.41 Å². The molecule has 8 aromatic rings. The Balaban J connectivity index is 1.26. The molecule has 5 heterocycles. The molecule has 0 bridgehead atoms. The van der Waals surface area contributed by atoms with Gasteiger partial charge in [-0.15, -0.1) is 0 Å². The van der Waals surface area contributed by atoms with Crippen LogP contribution in [0.3, 0.4) is 0 Å². The molecule has 0 saturated carbocycles. The molecule has 0 unspecified atom stereocenters. The van der Waals surface area contributed by atoms with Gasteiger partial charge < -0.3 is 14.2 Å². The fraction of sp³-hybridized carbons (Fsp3) is 0.0244. The third-order valence-electron chi connectivity index (χ3n) is 9.55. The Morgan fingerprint density at radius 3 is 1.80 bits per heavy atom. The van der Waals surface area contributed by atoms with E-state index < -0.39 is 5.41 Å². The molecule has 0 amide bonds. The first-order valence-electron chi connectivity index (χ1n) is 15.5. The quantitative estimate of drug-likeness (QED) is 0.201. The summed E-state index contributed by atoms with van der Waals surface area (Å²) < 4.78 is 8.81. The third kappa shape index (κ3) is 3.23. The lowest BCUT2D eigenvalue weighted by atomic mass is 9.61. The van der Waals surface area contributed by atoms with Gasteiger partial charge in [0.1, 0.15) is 11.5 Å². The Morgan fingerprint density at radius 2 is 1.09 bits per heavy atom. The minimum absolute atomic E-state index is 0.571. The second kappa shape index (κ2) is 9.40. The van der Waals surface area contributed by atoms with Crippen LogP contribution in [0.2, 0.25) is 0 Å². The molecule has 5 heteroatoms. The average molecular weight is 591 g/mol. The van der Waals surface area contributed by atoms with Crippen molar-refractivity contribution in [3.8, 4) is 17.2 Å². The second-order valence-electron chi connectivity index (χ2n) is 11.8. The maximum atomic E-state index is 6.54. The third-order valence-corrected chi connectivity index (χ3v) is 9.55. The van der Waals surface area contributed by atoms with E-state index in [4.69, 9.17) is 14.7 Å². The van der Waals surface area contributed by atoms with Crippen molar-refractivity contribution in [1.82, 2.24) is 14.5 Å². The van der Waals surface area contributed by atoms with Gasteiger partial charge >= 0.3 is 0 Å². The molecule has 0 atom stereocenters. The highest BCUT2D eigenvalue weighted by atomic mass is 16.5. The van der Waals surface area contributed by atoms with Crippen molar-refractivity contribution in [2.45, 2.75) is 5.41 Å². The van der Waals surface area contributed by atoms with Crippen LogP contribution in [0.4, 0.5) is 17.1 Å². The summed E-state index contributed by atoms with van der Waals surface area (Å²) in [5, 5.41) is 1.12. The van der Waals surface area contributed by atoms with Crippen molar-refractivity contribution < 1.29 is 4.74 Å². The molecule has 1 spiro atoms. The van der Waals surface area contributed by atoms with Gasteiger partial charge in [-0.05, 0) is 59.7 Å². The fourth-order valence-electron chi connectivity index (χ4n) is 7.82. The molecule has 0 aliphatic carbocycles. The topological polar surface area (TPSA) is 43.2 Å². The van der Waals surface area contributed by atoms with Crippen LogP contribution in [0.25, 0.3) is 27.6 Å². The summed E-state index contributed by atoms with van der Waals surface area (Å²) >= 11 is 0. The van der Waals surface area contributed by atoms with E-state index in [1.54, 1.807) is 0 Å². The van der Waals surface area contributed by atoms with E-state index in [0.29, 0.717) is 0 Å². The van der Waals surface area contributed by atoms with Crippen molar-refractivity contribution in [3.05, 3.63) is 180 Å². The molecule has 0 fully saturated rings. The zero-order valence-electron chi connectivity index (χ0n) is 24.7. The summed E-state index contributed by atoms with van der Waals surface area (Å²) in [5.41, 5.74) is 11.4. The Bertz CT molecular complexity index is 2350. The van der Waals surface area contributed by atoms with E-state index in [2.05, 4.69) is 143 Å².